The minimum absolute atomic E-state index is 0.195. The highest BCUT2D eigenvalue weighted by Gasteiger charge is 2.25. The highest BCUT2D eigenvalue weighted by Crippen LogP contribution is 2.29. The van der Waals surface area contributed by atoms with Crippen LogP contribution in [0.5, 0.6) is 0 Å². The lowest BCUT2D eigenvalue weighted by Crippen LogP contribution is -2.28. The third-order valence-corrected chi connectivity index (χ3v) is 4.85. The number of benzene rings is 2. The summed E-state index contributed by atoms with van der Waals surface area (Å²) in [6, 6.07) is 13.4. The predicted octanol–water partition coefficient (Wildman–Crippen LogP) is 3.58. The Kier molecular flexibility index (Phi) is 3.99. The molecule has 5 heteroatoms. The number of anilines is 1. The Morgan fingerprint density at radius 2 is 1.84 bits per heavy atom. The molecule has 0 bridgehead atoms. The van der Waals surface area contributed by atoms with Crippen LogP contribution in [0, 0.1) is 18.7 Å². The SMILES string of the molecule is [CH2]CC1CCN(c2nn(-c3ccc(F)cc3)c(=O)c3ccccc23)C1. The molecule has 0 amide bonds. The summed E-state index contributed by atoms with van der Waals surface area (Å²) in [5.74, 6) is 1.01. The Morgan fingerprint density at radius 3 is 2.52 bits per heavy atom. The molecule has 2 heterocycles. The number of rotatable bonds is 3. The maximum Gasteiger partial charge on any atom is 0.279 e. The van der Waals surface area contributed by atoms with Gasteiger partial charge in [0.25, 0.3) is 5.56 Å². The molecule has 127 valence electrons. The van der Waals surface area contributed by atoms with E-state index in [0.29, 0.717) is 17.0 Å². The van der Waals surface area contributed by atoms with Gasteiger partial charge in [-0.15, -0.1) is 5.10 Å². The van der Waals surface area contributed by atoms with E-state index >= 15 is 0 Å². The highest BCUT2D eigenvalue weighted by atomic mass is 19.1. The van der Waals surface area contributed by atoms with Gasteiger partial charge in [-0.05, 0) is 49.1 Å². The summed E-state index contributed by atoms with van der Waals surface area (Å²) in [4.78, 5) is 15.1. The summed E-state index contributed by atoms with van der Waals surface area (Å²) in [6.07, 6.45) is 1.97. The van der Waals surface area contributed by atoms with E-state index in [9.17, 15) is 9.18 Å². The first-order chi connectivity index (χ1) is 12.2. The first kappa shape index (κ1) is 15.8. The van der Waals surface area contributed by atoms with Crippen molar-refractivity contribution in [3.63, 3.8) is 0 Å². The molecule has 2 aromatic carbocycles. The van der Waals surface area contributed by atoms with Gasteiger partial charge < -0.3 is 4.90 Å². The maximum atomic E-state index is 13.2. The lowest BCUT2D eigenvalue weighted by Gasteiger charge is -2.20. The van der Waals surface area contributed by atoms with Crippen LogP contribution < -0.4 is 10.5 Å². The van der Waals surface area contributed by atoms with Crippen molar-refractivity contribution in [2.45, 2.75) is 12.8 Å². The maximum absolute atomic E-state index is 13.2. The summed E-state index contributed by atoms with van der Waals surface area (Å²) >= 11 is 0. The van der Waals surface area contributed by atoms with Crippen LogP contribution >= 0.6 is 0 Å². The molecular formula is C20H19FN3O. The van der Waals surface area contributed by atoms with Crippen molar-refractivity contribution in [3.8, 4) is 5.69 Å². The van der Waals surface area contributed by atoms with Crippen LogP contribution in [-0.4, -0.2) is 22.9 Å². The van der Waals surface area contributed by atoms with Crippen molar-refractivity contribution >= 4 is 16.6 Å². The lowest BCUT2D eigenvalue weighted by atomic mass is 10.1. The third-order valence-electron chi connectivity index (χ3n) is 4.85. The molecule has 25 heavy (non-hydrogen) atoms. The van der Waals surface area contributed by atoms with Crippen molar-refractivity contribution < 1.29 is 4.39 Å². The van der Waals surface area contributed by atoms with Gasteiger partial charge in [0.15, 0.2) is 5.82 Å². The summed E-state index contributed by atoms with van der Waals surface area (Å²) < 4.78 is 14.6. The van der Waals surface area contributed by atoms with Crippen molar-refractivity contribution in [1.29, 1.82) is 0 Å². The Morgan fingerprint density at radius 1 is 1.12 bits per heavy atom. The molecule has 4 rings (SSSR count). The summed E-state index contributed by atoms with van der Waals surface area (Å²) in [7, 11) is 0. The van der Waals surface area contributed by atoms with E-state index < -0.39 is 0 Å². The molecule has 0 N–H and O–H groups in total. The fourth-order valence-corrected chi connectivity index (χ4v) is 3.42. The van der Waals surface area contributed by atoms with E-state index in [-0.39, 0.29) is 11.4 Å². The number of hydrogen-bond acceptors (Lipinski definition) is 3. The Bertz CT molecular complexity index is 965. The van der Waals surface area contributed by atoms with Gasteiger partial charge in [-0.1, -0.05) is 25.1 Å². The molecule has 1 saturated heterocycles. The molecule has 1 aliphatic rings. The summed E-state index contributed by atoms with van der Waals surface area (Å²) in [5.41, 5.74) is 0.366. The first-order valence-corrected chi connectivity index (χ1v) is 8.49. The van der Waals surface area contributed by atoms with E-state index in [2.05, 4.69) is 16.9 Å². The lowest BCUT2D eigenvalue weighted by molar-refractivity contribution is 0.597. The molecule has 1 atom stereocenters. The zero-order chi connectivity index (χ0) is 17.4. The largest absolute Gasteiger partial charge is 0.354 e. The minimum Gasteiger partial charge on any atom is -0.354 e. The van der Waals surface area contributed by atoms with E-state index in [1.54, 1.807) is 12.1 Å². The smallest absolute Gasteiger partial charge is 0.279 e. The molecule has 0 spiro atoms. The monoisotopic (exact) mass is 336 g/mol. The number of hydrogen-bond donors (Lipinski definition) is 0. The molecule has 3 aromatic rings. The van der Waals surface area contributed by atoms with Crippen molar-refractivity contribution in [2.75, 3.05) is 18.0 Å². The molecule has 1 aromatic heterocycles. The molecule has 1 unspecified atom stereocenters. The van der Waals surface area contributed by atoms with Crippen LogP contribution in [0.4, 0.5) is 10.2 Å². The topological polar surface area (TPSA) is 38.1 Å². The van der Waals surface area contributed by atoms with Gasteiger partial charge in [0.2, 0.25) is 0 Å². The number of nitrogens with zero attached hydrogens (tertiary/aromatic N) is 3. The van der Waals surface area contributed by atoms with Crippen LogP contribution in [-0.2, 0) is 0 Å². The molecule has 1 radical (unpaired) electrons. The first-order valence-electron chi connectivity index (χ1n) is 8.49. The Balaban J connectivity index is 1.91. The van der Waals surface area contributed by atoms with Gasteiger partial charge in [0, 0.05) is 18.5 Å². The fourth-order valence-electron chi connectivity index (χ4n) is 3.42. The average molecular weight is 336 g/mol. The van der Waals surface area contributed by atoms with Crippen LogP contribution in [0.3, 0.4) is 0 Å². The van der Waals surface area contributed by atoms with Gasteiger partial charge in [-0.25, -0.2) is 4.39 Å². The standard InChI is InChI=1S/C20H19FN3O/c1-2-14-11-12-23(13-14)19-17-5-3-4-6-18(17)20(25)24(22-19)16-9-7-15(21)8-10-16/h3-10,14H,1-2,11-13H2. The number of fused-ring (bicyclic) bond motifs is 1. The van der Waals surface area contributed by atoms with Crippen LogP contribution in [0.15, 0.2) is 53.3 Å². The third kappa shape index (κ3) is 2.80. The summed E-state index contributed by atoms with van der Waals surface area (Å²) in [5, 5.41) is 6.12. The second kappa shape index (κ2) is 6.31. The van der Waals surface area contributed by atoms with Crippen molar-refractivity contribution in [2.24, 2.45) is 5.92 Å². The molecule has 4 nitrogen and oxygen atoms in total. The van der Waals surface area contributed by atoms with E-state index in [1.165, 1.54) is 16.8 Å². The number of halogens is 1. The molecule has 0 saturated carbocycles. The van der Waals surface area contributed by atoms with Crippen molar-refractivity contribution in [1.82, 2.24) is 9.78 Å². The van der Waals surface area contributed by atoms with E-state index in [4.69, 9.17) is 0 Å². The molecule has 0 aliphatic carbocycles. The Labute approximate surface area is 145 Å². The Hall–Kier alpha value is -2.69. The molecule has 1 aliphatic heterocycles. The zero-order valence-corrected chi connectivity index (χ0v) is 13.9. The van der Waals surface area contributed by atoms with Gasteiger partial charge >= 0.3 is 0 Å². The van der Waals surface area contributed by atoms with E-state index in [0.717, 1.165) is 37.1 Å². The van der Waals surface area contributed by atoms with Gasteiger partial charge in [-0.3, -0.25) is 4.79 Å². The minimum atomic E-state index is -0.337. The zero-order valence-electron chi connectivity index (χ0n) is 13.9. The van der Waals surface area contributed by atoms with E-state index in [1.807, 2.05) is 24.3 Å². The second-order valence-corrected chi connectivity index (χ2v) is 6.45. The summed E-state index contributed by atoms with van der Waals surface area (Å²) in [6.45, 7) is 5.80. The second-order valence-electron chi connectivity index (χ2n) is 6.45. The predicted molar refractivity (Wildman–Crippen MR) is 97.6 cm³/mol. The highest BCUT2D eigenvalue weighted by molar-refractivity contribution is 5.91. The van der Waals surface area contributed by atoms with Crippen LogP contribution in [0.25, 0.3) is 16.5 Å². The normalized spacial score (nSPS) is 17.4. The number of aromatic nitrogens is 2. The molecule has 1 fully saturated rings. The van der Waals surface area contributed by atoms with Gasteiger partial charge in [0.05, 0.1) is 11.1 Å². The quantitative estimate of drug-likeness (QED) is 0.734. The van der Waals surface area contributed by atoms with Gasteiger partial charge in [0.1, 0.15) is 5.82 Å². The fraction of sp³-hybridized carbons (Fsp3) is 0.250. The van der Waals surface area contributed by atoms with Crippen LogP contribution in [0.1, 0.15) is 12.8 Å². The van der Waals surface area contributed by atoms with Crippen molar-refractivity contribution in [3.05, 3.63) is 71.6 Å². The molecular weight excluding hydrogens is 317 g/mol. The average Bonchev–Trinajstić information content (AvgIpc) is 3.12. The van der Waals surface area contributed by atoms with Gasteiger partial charge in [-0.2, -0.15) is 4.68 Å². The van der Waals surface area contributed by atoms with Crippen LogP contribution in [0.2, 0.25) is 0 Å².